The molecule has 1 saturated heterocycles. The Morgan fingerprint density at radius 2 is 1.92 bits per heavy atom. The van der Waals surface area contributed by atoms with Crippen molar-refractivity contribution in [3.05, 3.63) is 29.8 Å². The van der Waals surface area contributed by atoms with Crippen molar-refractivity contribution in [3.8, 4) is 0 Å². The van der Waals surface area contributed by atoms with Crippen LogP contribution in [-0.4, -0.2) is 50.9 Å². The van der Waals surface area contributed by atoms with Crippen LogP contribution < -0.4 is 10.6 Å². The number of carbonyl (C=O) groups excluding carboxylic acids is 1. The molecule has 0 aliphatic carbocycles. The van der Waals surface area contributed by atoms with Crippen LogP contribution in [0.4, 0.5) is 0 Å². The van der Waals surface area contributed by atoms with Crippen molar-refractivity contribution in [2.75, 3.05) is 26.2 Å². The largest absolute Gasteiger partial charge is 0.352 e. The van der Waals surface area contributed by atoms with E-state index in [9.17, 15) is 13.2 Å². The third kappa shape index (κ3) is 4.78. The number of benzene rings is 1. The zero-order valence-electron chi connectivity index (χ0n) is 14.4. The van der Waals surface area contributed by atoms with Gasteiger partial charge < -0.3 is 10.6 Å². The van der Waals surface area contributed by atoms with E-state index in [2.05, 4.69) is 10.6 Å². The number of nitrogens with one attached hydrogen (secondary N) is 2. The van der Waals surface area contributed by atoms with Crippen LogP contribution >= 0.6 is 0 Å². The minimum absolute atomic E-state index is 0.0449. The minimum atomic E-state index is -3.42. The normalized spacial score (nSPS) is 18.0. The number of hydrogen-bond acceptors (Lipinski definition) is 4. The van der Waals surface area contributed by atoms with Gasteiger partial charge in [-0.3, -0.25) is 4.79 Å². The van der Waals surface area contributed by atoms with Crippen LogP contribution in [0.25, 0.3) is 0 Å². The topological polar surface area (TPSA) is 78.5 Å². The van der Waals surface area contributed by atoms with Crippen molar-refractivity contribution >= 4 is 15.9 Å². The summed E-state index contributed by atoms with van der Waals surface area (Å²) >= 11 is 0. The first-order chi connectivity index (χ1) is 11.5. The average molecular weight is 353 g/mol. The van der Waals surface area contributed by atoms with Gasteiger partial charge in [-0.05, 0) is 37.1 Å². The van der Waals surface area contributed by atoms with E-state index in [1.807, 2.05) is 13.8 Å². The monoisotopic (exact) mass is 353 g/mol. The van der Waals surface area contributed by atoms with Gasteiger partial charge in [0, 0.05) is 32.1 Å². The molecule has 1 fully saturated rings. The molecule has 1 aliphatic rings. The predicted molar refractivity (Wildman–Crippen MR) is 94.3 cm³/mol. The lowest BCUT2D eigenvalue weighted by atomic mass is 10.1. The van der Waals surface area contributed by atoms with E-state index in [4.69, 9.17) is 0 Å². The number of nitrogens with zero attached hydrogens (tertiary/aromatic N) is 1. The molecule has 1 aliphatic heterocycles. The second-order valence-corrected chi connectivity index (χ2v) is 7.93. The molecule has 0 bridgehead atoms. The first kappa shape index (κ1) is 18.9. The SMILES string of the molecule is CCN(CC)S(=O)(=O)c1ccc(CCC(=O)NC2CCNC2)cc1. The lowest BCUT2D eigenvalue weighted by Crippen LogP contribution is -2.36. The van der Waals surface area contributed by atoms with Crippen LogP contribution in [0.1, 0.15) is 32.3 Å². The number of aryl methyl sites for hydroxylation is 1. The van der Waals surface area contributed by atoms with Crippen molar-refractivity contribution in [1.29, 1.82) is 0 Å². The molecule has 1 unspecified atom stereocenters. The molecular weight excluding hydrogens is 326 g/mol. The zero-order valence-corrected chi connectivity index (χ0v) is 15.2. The molecule has 1 aromatic rings. The number of rotatable bonds is 8. The number of carbonyl (C=O) groups is 1. The van der Waals surface area contributed by atoms with E-state index in [0.29, 0.717) is 30.8 Å². The molecular formula is C17H27N3O3S. The van der Waals surface area contributed by atoms with Gasteiger partial charge in [-0.1, -0.05) is 26.0 Å². The van der Waals surface area contributed by atoms with Crippen molar-refractivity contribution in [2.45, 2.75) is 44.0 Å². The van der Waals surface area contributed by atoms with Crippen molar-refractivity contribution < 1.29 is 13.2 Å². The van der Waals surface area contributed by atoms with Crippen LogP contribution in [0.15, 0.2) is 29.2 Å². The highest BCUT2D eigenvalue weighted by Gasteiger charge is 2.21. The van der Waals surface area contributed by atoms with E-state index >= 15 is 0 Å². The van der Waals surface area contributed by atoms with E-state index in [0.717, 1.165) is 25.1 Å². The van der Waals surface area contributed by atoms with Crippen LogP contribution in [-0.2, 0) is 21.2 Å². The molecule has 0 spiro atoms. The fraction of sp³-hybridized carbons (Fsp3) is 0.588. The van der Waals surface area contributed by atoms with E-state index in [1.54, 1.807) is 24.3 Å². The second kappa shape index (κ2) is 8.60. The standard InChI is InChI=1S/C17H27N3O3S/c1-3-20(4-2)24(22,23)16-8-5-14(6-9-16)7-10-17(21)19-15-11-12-18-13-15/h5-6,8-9,15,18H,3-4,7,10-13H2,1-2H3,(H,19,21). The lowest BCUT2D eigenvalue weighted by Gasteiger charge is -2.18. The Morgan fingerprint density at radius 1 is 1.25 bits per heavy atom. The maximum absolute atomic E-state index is 12.4. The van der Waals surface area contributed by atoms with Gasteiger partial charge in [0.15, 0.2) is 0 Å². The summed E-state index contributed by atoms with van der Waals surface area (Å²) in [7, 11) is -3.42. The van der Waals surface area contributed by atoms with Crippen LogP contribution in [0, 0.1) is 0 Å². The highest BCUT2D eigenvalue weighted by molar-refractivity contribution is 7.89. The van der Waals surface area contributed by atoms with Crippen molar-refractivity contribution in [2.24, 2.45) is 0 Å². The maximum Gasteiger partial charge on any atom is 0.243 e. The van der Waals surface area contributed by atoms with Gasteiger partial charge in [0.1, 0.15) is 0 Å². The molecule has 1 heterocycles. The summed E-state index contributed by atoms with van der Waals surface area (Å²) in [6, 6.07) is 7.07. The minimum Gasteiger partial charge on any atom is -0.352 e. The Hall–Kier alpha value is -1.44. The zero-order chi connectivity index (χ0) is 17.6. The summed E-state index contributed by atoms with van der Waals surface area (Å²) < 4.78 is 26.3. The molecule has 1 amide bonds. The molecule has 6 nitrogen and oxygen atoms in total. The van der Waals surface area contributed by atoms with Gasteiger partial charge >= 0.3 is 0 Å². The Bertz CT molecular complexity index is 634. The second-order valence-electron chi connectivity index (χ2n) is 5.99. The molecule has 0 saturated carbocycles. The van der Waals surface area contributed by atoms with E-state index in [-0.39, 0.29) is 11.9 Å². The quantitative estimate of drug-likeness (QED) is 0.734. The van der Waals surface area contributed by atoms with Crippen molar-refractivity contribution in [1.82, 2.24) is 14.9 Å². The Morgan fingerprint density at radius 3 is 2.46 bits per heavy atom. The highest BCUT2D eigenvalue weighted by Crippen LogP contribution is 2.16. The first-order valence-corrected chi connectivity index (χ1v) is 10.0. The summed E-state index contributed by atoms with van der Waals surface area (Å²) in [5.41, 5.74) is 0.966. The Balaban J connectivity index is 1.91. The highest BCUT2D eigenvalue weighted by atomic mass is 32.2. The lowest BCUT2D eigenvalue weighted by molar-refractivity contribution is -0.121. The van der Waals surface area contributed by atoms with Gasteiger partial charge in [0.25, 0.3) is 0 Å². The van der Waals surface area contributed by atoms with Crippen LogP contribution in [0.5, 0.6) is 0 Å². The van der Waals surface area contributed by atoms with Crippen LogP contribution in [0.3, 0.4) is 0 Å². The predicted octanol–water partition coefficient (Wildman–Crippen LogP) is 1.13. The Labute approximate surface area is 144 Å². The summed E-state index contributed by atoms with van der Waals surface area (Å²) in [6.45, 7) is 6.35. The Kier molecular flexibility index (Phi) is 6.77. The smallest absolute Gasteiger partial charge is 0.243 e. The van der Waals surface area contributed by atoms with Gasteiger partial charge in [0.05, 0.1) is 4.90 Å². The maximum atomic E-state index is 12.4. The molecule has 7 heteroatoms. The summed E-state index contributed by atoms with van der Waals surface area (Å²) in [5, 5.41) is 6.23. The van der Waals surface area contributed by atoms with Crippen molar-refractivity contribution in [3.63, 3.8) is 0 Å². The number of hydrogen-bond donors (Lipinski definition) is 2. The third-order valence-electron chi connectivity index (χ3n) is 4.33. The average Bonchev–Trinajstić information content (AvgIpc) is 3.07. The molecule has 0 radical (unpaired) electrons. The molecule has 0 aromatic heterocycles. The first-order valence-electron chi connectivity index (χ1n) is 8.56. The van der Waals surface area contributed by atoms with Gasteiger partial charge in [-0.25, -0.2) is 8.42 Å². The fourth-order valence-electron chi connectivity index (χ4n) is 2.88. The van der Waals surface area contributed by atoms with Gasteiger partial charge in [0.2, 0.25) is 15.9 Å². The molecule has 134 valence electrons. The number of sulfonamides is 1. The molecule has 1 atom stereocenters. The summed E-state index contributed by atoms with van der Waals surface area (Å²) in [4.78, 5) is 12.2. The fourth-order valence-corrected chi connectivity index (χ4v) is 4.33. The van der Waals surface area contributed by atoms with Crippen LogP contribution in [0.2, 0.25) is 0 Å². The van der Waals surface area contributed by atoms with E-state index in [1.165, 1.54) is 4.31 Å². The van der Waals surface area contributed by atoms with Gasteiger partial charge in [-0.2, -0.15) is 4.31 Å². The summed E-state index contributed by atoms with van der Waals surface area (Å²) in [5.74, 6) is 0.0449. The number of amides is 1. The molecule has 2 rings (SSSR count). The van der Waals surface area contributed by atoms with E-state index < -0.39 is 10.0 Å². The molecule has 24 heavy (non-hydrogen) atoms. The van der Waals surface area contributed by atoms with Gasteiger partial charge in [-0.15, -0.1) is 0 Å². The summed E-state index contributed by atoms with van der Waals surface area (Å²) in [6.07, 6.45) is 2.00. The molecule has 2 N–H and O–H groups in total. The molecule has 1 aromatic carbocycles. The third-order valence-corrected chi connectivity index (χ3v) is 6.40.